The van der Waals surface area contributed by atoms with Gasteiger partial charge >= 0.3 is 0 Å². The molecule has 0 saturated carbocycles. The van der Waals surface area contributed by atoms with Crippen LogP contribution in [0.4, 0.5) is 0 Å². The molecule has 0 radical (unpaired) electrons. The van der Waals surface area contributed by atoms with Crippen LogP contribution < -0.4 is 20.1 Å². The van der Waals surface area contributed by atoms with Crippen molar-refractivity contribution in [2.45, 2.75) is 26.3 Å². The first-order valence-corrected chi connectivity index (χ1v) is 10.1. The van der Waals surface area contributed by atoms with E-state index in [4.69, 9.17) is 19.2 Å². The number of nitrogens with one attached hydrogen (secondary N) is 2. The molecular weight excluding hydrogens is 495 g/mol. The minimum absolute atomic E-state index is 0. The molecule has 0 amide bonds. The number of hydrogen-bond donors (Lipinski definition) is 2. The number of halogens is 1. The van der Waals surface area contributed by atoms with Gasteiger partial charge < -0.3 is 29.7 Å². The smallest absolute Gasteiger partial charge is 0.191 e. The van der Waals surface area contributed by atoms with Gasteiger partial charge in [-0.25, -0.2) is 4.99 Å². The molecule has 7 nitrogen and oxygen atoms in total. The van der Waals surface area contributed by atoms with Crippen LogP contribution in [0.3, 0.4) is 0 Å². The second-order valence-corrected chi connectivity index (χ2v) is 6.75. The highest BCUT2D eigenvalue weighted by Crippen LogP contribution is 2.33. The molecule has 0 saturated heterocycles. The zero-order chi connectivity index (χ0) is 21.5. The normalized spacial score (nSPS) is 11.1. The quantitative estimate of drug-likeness (QED) is 0.126. The van der Waals surface area contributed by atoms with Crippen molar-refractivity contribution in [3.63, 3.8) is 0 Å². The summed E-state index contributed by atoms with van der Waals surface area (Å²) in [5.74, 6) is 2.27. The minimum Gasteiger partial charge on any atom is -0.493 e. The van der Waals surface area contributed by atoms with E-state index in [1.54, 1.807) is 21.3 Å². The lowest BCUT2D eigenvalue weighted by Crippen LogP contribution is -2.41. The Morgan fingerprint density at radius 2 is 1.93 bits per heavy atom. The van der Waals surface area contributed by atoms with Crippen LogP contribution in [0.15, 0.2) is 29.8 Å². The molecule has 2 N–H and O–H groups in total. The van der Waals surface area contributed by atoms with Crippen LogP contribution in [-0.4, -0.2) is 72.0 Å². The van der Waals surface area contributed by atoms with Crippen LogP contribution in [0.5, 0.6) is 11.5 Å². The molecule has 0 spiro atoms. The van der Waals surface area contributed by atoms with E-state index in [-0.39, 0.29) is 24.0 Å². The van der Waals surface area contributed by atoms with Crippen molar-refractivity contribution < 1.29 is 14.2 Å². The van der Waals surface area contributed by atoms with E-state index in [0.717, 1.165) is 62.0 Å². The van der Waals surface area contributed by atoms with E-state index in [2.05, 4.69) is 42.2 Å². The van der Waals surface area contributed by atoms with Gasteiger partial charge in [0.2, 0.25) is 0 Å². The zero-order valence-electron chi connectivity index (χ0n) is 19.1. The first-order chi connectivity index (χ1) is 14.1. The number of nitrogens with zero attached hydrogens (tertiary/aromatic N) is 2. The van der Waals surface area contributed by atoms with Crippen molar-refractivity contribution in [2.75, 3.05) is 61.2 Å². The Bertz CT molecular complexity index is 641. The highest BCUT2D eigenvalue weighted by atomic mass is 127. The predicted octanol–water partition coefficient (Wildman–Crippen LogP) is 3.07. The third kappa shape index (κ3) is 10.5. The molecule has 1 aromatic rings. The lowest BCUT2D eigenvalue weighted by molar-refractivity contribution is 0.180. The zero-order valence-corrected chi connectivity index (χ0v) is 21.5. The van der Waals surface area contributed by atoms with E-state index in [9.17, 15) is 0 Å². The lowest BCUT2D eigenvalue weighted by atomic mass is 10.1. The van der Waals surface area contributed by atoms with Crippen LogP contribution in [-0.2, 0) is 17.7 Å². The largest absolute Gasteiger partial charge is 0.493 e. The Kier molecular flexibility index (Phi) is 16.3. The summed E-state index contributed by atoms with van der Waals surface area (Å²) in [5, 5.41) is 6.70. The number of benzene rings is 1. The molecule has 0 aromatic heterocycles. The van der Waals surface area contributed by atoms with Crippen molar-refractivity contribution in [3.05, 3.63) is 35.9 Å². The molecule has 0 atom stereocenters. The number of rotatable bonds is 14. The molecule has 172 valence electrons. The number of likely N-dealkylation sites (N-methyl/N-ethyl adjacent to an activating group) is 1. The van der Waals surface area contributed by atoms with E-state index < -0.39 is 0 Å². The first kappa shape index (κ1) is 28.5. The fourth-order valence-electron chi connectivity index (χ4n) is 2.97. The standard InChI is InChI=1S/C22H38N4O3.HI/c1-7-10-19-15-18(16-20(28-5)21(19)29-6)17-25-22(23-8-2)24-11-13-26(3)12-9-14-27-4;/h7,15-16H,1,8-14,17H2,2-6H3,(H2,23,24,25);1H. The Labute approximate surface area is 199 Å². The summed E-state index contributed by atoms with van der Waals surface area (Å²) in [4.78, 5) is 7.01. The topological polar surface area (TPSA) is 67.4 Å². The third-order valence-electron chi connectivity index (χ3n) is 4.42. The molecule has 0 heterocycles. The van der Waals surface area contributed by atoms with Gasteiger partial charge in [-0.2, -0.15) is 0 Å². The van der Waals surface area contributed by atoms with Gasteiger partial charge in [0.15, 0.2) is 17.5 Å². The first-order valence-electron chi connectivity index (χ1n) is 10.1. The number of guanidine groups is 1. The molecular formula is C22H39IN4O3. The average molecular weight is 534 g/mol. The number of hydrogen-bond acceptors (Lipinski definition) is 5. The van der Waals surface area contributed by atoms with Crippen molar-refractivity contribution in [3.8, 4) is 11.5 Å². The Hall–Kier alpha value is -1.52. The van der Waals surface area contributed by atoms with E-state index >= 15 is 0 Å². The number of aliphatic imine (C=N–C) groups is 1. The summed E-state index contributed by atoms with van der Waals surface area (Å²) in [6.07, 6.45) is 3.61. The lowest BCUT2D eigenvalue weighted by Gasteiger charge is -2.18. The highest BCUT2D eigenvalue weighted by molar-refractivity contribution is 14.0. The summed E-state index contributed by atoms with van der Waals surface area (Å²) in [6, 6.07) is 4.07. The Morgan fingerprint density at radius 3 is 2.53 bits per heavy atom. The molecule has 0 aliphatic carbocycles. The monoisotopic (exact) mass is 534 g/mol. The van der Waals surface area contributed by atoms with Gasteiger partial charge in [0.25, 0.3) is 0 Å². The number of allylic oxidation sites excluding steroid dienone is 1. The SMILES string of the molecule is C=CCc1cc(CN=C(NCC)NCCN(C)CCCOC)cc(OC)c1OC.I. The van der Waals surface area contributed by atoms with Crippen molar-refractivity contribution in [1.29, 1.82) is 0 Å². The maximum atomic E-state index is 5.50. The van der Waals surface area contributed by atoms with E-state index in [1.165, 1.54) is 0 Å². The maximum Gasteiger partial charge on any atom is 0.191 e. The molecule has 0 fully saturated rings. The van der Waals surface area contributed by atoms with Crippen LogP contribution in [0.2, 0.25) is 0 Å². The van der Waals surface area contributed by atoms with Gasteiger partial charge in [0.1, 0.15) is 0 Å². The molecule has 0 aliphatic heterocycles. The summed E-state index contributed by atoms with van der Waals surface area (Å²) >= 11 is 0. The van der Waals surface area contributed by atoms with E-state index in [0.29, 0.717) is 18.7 Å². The molecule has 0 unspecified atom stereocenters. The van der Waals surface area contributed by atoms with Crippen LogP contribution in [0, 0.1) is 0 Å². The Morgan fingerprint density at radius 1 is 1.17 bits per heavy atom. The maximum absolute atomic E-state index is 5.50. The van der Waals surface area contributed by atoms with Crippen molar-refractivity contribution >= 4 is 29.9 Å². The molecule has 8 heteroatoms. The average Bonchev–Trinajstić information content (AvgIpc) is 2.72. The van der Waals surface area contributed by atoms with Gasteiger partial charge in [0, 0.05) is 45.5 Å². The molecule has 0 aliphatic rings. The minimum atomic E-state index is 0. The highest BCUT2D eigenvalue weighted by Gasteiger charge is 2.11. The fourth-order valence-corrected chi connectivity index (χ4v) is 2.97. The molecule has 1 rings (SSSR count). The van der Waals surface area contributed by atoms with Crippen molar-refractivity contribution in [1.82, 2.24) is 15.5 Å². The molecule has 0 bridgehead atoms. The van der Waals surface area contributed by atoms with Crippen molar-refractivity contribution in [2.24, 2.45) is 4.99 Å². The Balaban J connectivity index is 0.00000841. The van der Waals surface area contributed by atoms with Gasteiger partial charge in [-0.1, -0.05) is 6.08 Å². The fraction of sp³-hybridized carbons (Fsp3) is 0.591. The summed E-state index contributed by atoms with van der Waals surface area (Å²) in [7, 11) is 7.16. The summed E-state index contributed by atoms with van der Waals surface area (Å²) in [5.41, 5.74) is 2.11. The number of ether oxygens (including phenoxy) is 3. The summed E-state index contributed by atoms with van der Waals surface area (Å²) < 4.78 is 16.1. The number of methoxy groups -OCH3 is 3. The predicted molar refractivity (Wildman–Crippen MR) is 136 cm³/mol. The second kappa shape index (κ2) is 17.2. The summed E-state index contributed by atoms with van der Waals surface area (Å²) in [6.45, 7) is 10.8. The van der Waals surface area contributed by atoms with Gasteiger partial charge in [-0.15, -0.1) is 30.6 Å². The van der Waals surface area contributed by atoms with Crippen LogP contribution in [0.25, 0.3) is 0 Å². The third-order valence-corrected chi connectivity index (χ3v) is 4.42. The van der Waals surface area contributed by atoms with E-state index in [1.807, 2.05) is 12.1 Å². The van der Waals surface area contributed by atoms with Gasteiger partial charge in [-0.05, 0) is 44.5 Å². The second-order valence-electron chi connectivity index (χ2n) is 6.75. The van der Waals surface area contributed by atoms with Crippen LogP contribution >= 0.6 is 24.0 Å². The molecule has 30 heavy (non-hydrogen) atoms. The van der Waals surface area contributed by atoms with Crippen LogP contribution in [0.1, 0.15) is 24.5 Å². The van der Waals surface area contributed by atoms with Gasteiger partial charge in [0.05, 0.1) is 20.8 Å². The molecule has 1 aromatic carbocycles. The van der Waals surface area contributed by atoms with Gasteiger partial charge in [-0.3, -0.25) is 0 Å².